The number of amides is 1. The van der Waals surface area contributed by atoms with Gasteiger partial charge in [-0.25, -0.2) is 14.8 Å². The van der Waals surface area contributed by atoms with Crippen LogP contribution in [-0.2, 0) is 9.53 Å². The largest absolute Gasteiger partial charge is 0.462 e. The van der Waals surface area contributed by atoms with Gasteiger partial charge in [0, 0.05) is 19.0 Å². The molecule has 138 valence electrons. The van der Waals surface area contributed by atoms with Crippen molar-refractivity contribution in [2.75, 3.05) is 18.5 Å². The Balaban J connectivity index is 1.66. The van der Waals surface area contributed by atoms with Gasteiger partial charge in [0.2, 0.25) is 5.91 Å². The smallest absolute Gasteiger partial charge is 0.348 e. The normalized spacial score (nSPS) is 20.0. The number of fused-ring (bicyclic) bond motifs is 1. The Morgan fingerprint density at radius 3 is 2.81 bits per heavy atom. The third-order valence-electron chi connectivity index (χ3n) is 4.85. The molecule has 2 aromatic rings. The topological polar surface area (TPSA) is 84.4 Å². The van der Waals surface area contributed by atoms with Gasteiger partial charge in [-0.15, -0.1) is 11.3 Å². The van der Waals surface area contributed by atoms with Crippen LogP contribution in [0.4, 0.5) is 5.82 Å². The van der Waals surface area contributed by atoms with Crippen LogP contribution >= 0.6 is 11.3 Å². The highest BCUT2D eigenvalue weighted by Gasteiger charge is 2.39. The summed E-state index contributed by atoms with van der Waals surface area (Å²) in [5, 5.41) is 4.28. The van der Waals surface area contributed by atoms with Crippen LogP contribution in [0.1, 0.15) is 47.2 Å². The lowest BCUT2D eigenvalue weighted by atomic mass is 10.2. The average molecular weight is 374 g/mol. The van der Waals surface area contributed by atoms with Crippen LogP contribution in [0, 0.1) is 13.8 Å². The maximum absolute atomic E-state index is 12.2. The van der Waals surface area contributed by atoms with Gasteiger partial charge in [0.05, 0.1) is 18.0 Å². The lowest BCUT2D eigenvalue weighted by Crippen LogP contribution is -2.30. The minimum absolute atomic E-state index is 0.0333. The second-order valence-corrected chi connectivity index (χ2v) is 7.90. The van der Waals surface area contributed by atoms with Gasteiger partial charge < -0.3 is 15.0 Å². The van der Waals surface area contributed by atoms with E-state index in [1.807, 2.05) is 18.7 Å². The molecule has 2 aromatic heterocycles. The zero-order chi connectivity index (χ0) is 18.4. The minimum atomic E-state index is -0.326. The van der Waals surface area contributed by atoms with Crippen molar-refractivity contribution >= 4 is 39.2 Å². The van der Waals surface area contributed by atoms with Gasteiger partial charge in [0.1, 0.15) is 21.3 Å². The highest BCUT2D eigenvalue weighted by molar-refractivity contribution is 7.20. The Bertz CT molecular complexity index is 890. The first kappa shape index (κ1) is 17.2. The number of rotatable bonds is 5. The van der Waals surface area contributed by atoms with E-state index >= 15 is 0 Å². The molecule has 1 aliphatic carbocycles. The van der Waals surface area contributed by atoms with E-state index in [2.05, 4.69) is 15.3 Å². The molecule has 8 heteroatoms. The molecular weight excluding hydrogens is 352 g/mol. The monoisotopic (exact) mass is 374 g/mol. The van der Waals surface area contributed by atoms with Crippen molar-refractivity contribution in [1.29, 1.82) is 0 Å². The summed E-state index contributed by atoms with van der Waals surface area (Å²) in [7, 11) is 0. The van der Waals surface area contributed by atoms with Gasteiger partial charge in [0.25, 0.3) is 0 Å². The number of likely N-dealkylation sites (tertiary alicyclic amines) is 1. The summed E-state index contributed by atoms with van der Waals surface area (Å²) < 4.78 is 5.15. The molecule has 0 aromatic carbocycles. The van der Waals surface area contributed by atoms with Crippen LogP contribution in [0.3, 0.4) is 0 Å². The summed E-state index contributed by atoms with van der Waals surface area (Å²) in [5.41, 5.74) is 0.828. The SMILES string of the molecule is CCOC(=O)c1sc2nc(C)nc(NC3CC(=O)N(C4CC4)C3)c2c1C. The van der Waals surface area contributed by atoms with Gasteiger partial charge in [0.15, 0.2) is 0 Å². The fraction of sp³-hybridized carbons (Fsp3) is 0.556. The number of carbonyl (C=O) groups is 2. The molecule has 1 unspecified atom stereocenters. The molecule has 2 aliphatic rings. The van der Waals surface area contributed by atoms with Crippen molar-refractivity contribution in [2.24, 2.45) is 0 Å². The maximum Gasteiger partial charge on any atom is 0.348 e. The number of hydrogen-bond donors (Lipinski definition) is 1. The van der Waals surface area contributed by atoms with E-state index in [4.69, 9.17) is 4.74 Å². The van der Waals surface area contributed by atoms with Gasteiger partial charge in [-0.05, 0) is 39.2 Å². The number of anilines is 1. The Kier molecular flexibility index (Phi) is 4.30. The third kappa shape index (κ3) is 3.02. The number of aromatic nitrogens is 2. The average Bonchev–Trinajstić information content (AvgIpc) is 3.28. The van der Waals surface area contributed by atoms with Crippen LogP contribution in [-0.4, -0.2) is 52.0 Å². The molecule has 1 amide bonds. The predicted molar refractivity (Wildman–Crippen MR) is 99.6 cm³/mol. The molecule has 1 saturated heterocycles. The summed E-state index contributed by atoms with van der Waals surface area (Å²) in [6.45, 7) is 6.57. The molecule has 1 N–H and O–H groups in total. The Labute approximate surface area is 155 Å². The van der Waals surface area contributed by atoms with Crippen molar-refractivity contribution in [3.8, 4) is 0 Å². The van der Waals surface area contributed by atoms with Gasteiger partial charge in [-0.3, -0.25) is 4.79 Å². The molecule has 0 spiro atoms. The van der Waals surface area contributed by atoms with E-state index in [9.17, 15) is 9.59 Å². The minimum Gasteiger partial charge on any atom is -0.462 e. The summed E-state index contributed by atoms with van der Waals surface area (Å²) in [6.07, 6.45) is 2.71. The molecule has 1 aliphatic heterocycles. The maximum atomic E-state index is 12.2. The van der Waals surface area contributed by atoms with Crippen molar-refractivity contribution in [2.45, 2.75) is 52.1 Å². The first-order valence-corrected chi connectivity index (χ1v) is 9.80. The van der Waals surface area contributed by atoms with E-state index in [1.54, 1.807) is 6.92 Å². The second-order valence-electron chi connectivity index (χ2n) is 6.90. The Morgan fingerprint density at radius 1 is 1.35 bits per heavy atom. The number of nitrogens with zero attached hydrogens (tertiary/aromatic N) is 3. The van der Waals surface area contributed by atoms with Crippen LogP contribution in [0.15, 0.2) is 0 Å². The van der Waals surface area contributed by atoms with Crippen LogP contribution in [0.25, 0.3) is 10.2 Å². The lowest BCUT2D eigenvalue weighted by Gasteiger charge is -2.17. The molecule has 2 fully saturated rings. The Morgan fingerprint density at radius 2 is 2.12 bits per heavy atom. The van der Waals surface area contributed by atoms with Crippen LogP contribution < -0.4 is 5.32 Å². The highest BCUT2D eigenvalue weighted by Crippen LogP contribution is 2.36. The van der Waals surface area contributed by atoms with E-state index in [-0.39, 0.29) is 17.9 Å². The zero-order valence-corrected chi connectivity index (χ0v) is 16.0. The van der Waals surface area contributed by atoms with Crippen LogP contribution in [0.5, 0.6) is 0 Å². The molecular formula is C18H22N4O3S. The predicted octanol–water partition coefficient (Wildman–Crippen LogP) is 2.66. The van der Waals surface area contributed by atoms with Gasteiger partial charge in [-0.2, -0.15) is 0 Å². The van der Waals surface area contributed by atoms with Crippen molar-refractivity contribution in [1.82, 2.24) is 14.9 Å². The van der Waals surface area contributed by atoms with E-state index in [0.717, 1.165) is 28.6 Å². The summed E-state index contributed by atoms with van der Waals surface area (Å²) >= 11 is 1.33. The number of hydrogen-bond acceptors (Lipinski definition) is 7. The zero-order valence-electron chi connectivity index (χ0n) is 15.2. The molecule has 7 nitrogen and oxygen atoms in total. The number of thiophene rings is 1. The number of carbonyl (C=O) groups excluding carboxylic acids is 2. The fourth-order valence-corrected chi connectivity index (χ4v) is 4.62. The number of aryl methyl sites for hydroxylation is 2. The van der Waals surface area contributed by atoms with Crippen molar-refractivity contribution in [3.05, 3.63) is 16.3 Å². The second kappa shape index (κ2) is 6.50. The first-order valence-electron chi connectivity index (χ1n) is 8.98. The summed E-state index contributed by atoms with van der Waals surface area (Å²) in [5.74, 6) is 1.22. The molecule has 1 atom stereocenters. The number of nitrogens with one attached hydrogen (secondary N) is 1. The summed E-state index contributed by atoms with van der Waals surface area (Å²) in [4.78, 5) is 36.8. The van der Waals surface area contributed by atoms with Gasteiger partial charge in [-0.1, -0.05) is 0 Å². The molecule has 0 radical (unpaired) electrons. The van der Waals surface area contributed by atoms with Crippen molar-refractivity contribution < 1.29 is 14.3 Å². The Hall–Kier alpha value is -2.22. The molecule has 1 saturated carbocycles. The number of ether oxygens (including phenoxy) is 1. The third-order valence-corrected chi connectivity index (χ3v) is 6.02. The molecule has 0 bridgehead atoms. The standard InChI is InChI=1S/C18H22N4O3S/c1-4-25-18(24)15-9(2)14-16(19-10(3)20-17(14)26-15)21-11-7-13(23)22(8-11)12-5-6-12/h11-12H,4-8H2,1-3H3,(H,19,20,21). The van der Waals surface area contributed by atoms with E-state index in [1.165, 1.54) is 11.3 Å². The first-order chi connectivity index (χ1) is 12.5. The highest BCUT2D eigenvalue weighted by atomic mass is 32.1. The lowest BCUT2D eigenvalue weighted by molar-refractivity contribution is -0.128. The molecule has 26 heavy (non-hydrogen) atoms. The van der Waals surface area contributed by atoms with E-state index < -0.39 is 0 Å². The van der Waals surface area contributed by atoms with E-state index in [0.29, 0.717) is 42.1 Å². The molecule has 4 rings (SSSR count). The number of esters is 1. The van der Waals surface area contributed by atoms with Crippen molar-refractivity contribution in [3.63, 3.8) is 0 Å². The van der Waals surface area contributed by atoms with Crippen LogP contribution in [0.2, 0.25) is 0 Å². The fourth-order valence-electron chi connectivity index (χ4n) is 3.50. The summed E-state index contributed by atoms with van der Waals surface area (Å²) in [6, 6.07) is 0.464. The molecule has 3 heterocycles. The quantitative estimate of drug-likeness (QED) is 0.810. The van der Waals surface area contributed by atoms with Gasteiger partial charge >= 0.3 is 5.97 Å².